The lowest BCUT2D eigenvalue weighted by Gasteiger charge is -2.19. The van der Waals surface area contributed by atoms with Crippen LogP contribution in [0.4, 0.5) is 0 Å². The molecule has 0 aliphatic carbocycles. The van der Waals surface area contributed by atoms with E-state index in [2.05, 4.69) is 38.2 Å². The molecule has 0 spiro atoms. The minimum atomic E-state index is -0.374. The van der Waals surface area contributed by atoms with Gasteiger partial charge in [-0.05, 0) is 43.4 Å². The molecule has 0 aromatic heterocycles. The highest BCUT2D eigenvalue weighted by Gasteiger charge is 2.13. The molecule has 5 heteroatoms. The van der Waals surface area contributed by atoms with Gasteiger partial charge in [-0.15, -0.1) is 12.4 Å². The molecule has 23 heavy (non-hydrogen) atoms. The zero-order chi connectivity index (χ0) is 16.8. The number of nitrogens with two attached hydrogens (primary N) is 1. The monoisotopic (exact) mass is 342 g/mol. The van der Waals surface area contributed by atoms with Crippen LogP contribution in [-0.4, -0.2) is 24.6 Å². The van der Waals surface area contributed by atoms with Crippen LogP contribution in [0.2, 0.25) is 0 Å². The maximum Gasteiger partial charge on any atom is 0.220 e. The van der Waals surface area contributed by atoms with Gasteiger partial charge < -0.3 is 15.8 Å². The molecule has 0 saturated carbocycles. The van der Waals surface area contributed by atoms with Crippen LogP contribution in [0.25, 0.3) is 0 Å². The molecule has 1 amide bonds. The average molecular weight is 343 g/mol. The topological polar surface area (TPSA) is 64.3 Å². The number of benzene rings is 1. The molecular formula is C18H31ClN2O2. The zero-order valence-corrected chi connectivity index (χ0v) is 15.8. The first-order chi connectivity index (χ1) is 10.1. The van der Waals surface area contributed by atoms with Crippen molar-refractivity contribution in [2.75, 3.05) is 13.2 Å². The predicted octanol–water partition coefficient (Wildman–Crippen LogP) is 3.42. The Kier molecular flexibility index (Phi) is 8.64. The van der Waals surface area contributed by atoms with Crippen molar-refractivity contribution in [2.45, 2.75) is 58.4 Å². The van der Waals surface area contributed by atoms with E-state index in [-0.39, 0.29) is 29.3 Å². The summed E-state index contributed by atoms with van der Waals surface area (Å²) in [6, 6.07) is 8.14. The van der Waals surface area contributed by atoms with Crippen LogP contribution in [0.3, 0.4) is 0 Å². The average Bonchev–Trinajstić information content (AvgIpc) is 2.40. The quantitative estimate of drug-likeness (QED) is 0.746. The second-order valence-electron chi connectivity index (χ2n) is 7.49. The second kappa shape index (κ2) is 9.14. The lowest BCUT2D eigenvalue weighted by Crippen LogP contribution is -2.45. The molecule has 1 aromatic carbocycles. The molecule has 3 N–H and O–H groups in total. The molecule has 0 heterocycles. The summed E-state index contributed by atoms with van der Waals surface area (Å²) in [7, 11) is 0. The molecule has 0 saturated heterocycles. The minimum Gasteiger partial charge on any atom is -0.494 e. The third-order valence-corrected chi connectivity index (χ3v) is 3.28. The molecule has 0 aliphatic rings. The number of halogens is 1. The molecule has 0 atom stereocenters. The van der Waals surface area contributed by atoms with Crippen LogP contribution < -0.4 is 15.8 Å². The summed E-state index contributed by atoms with van der Waals surface area (Å²) in [4.78, 5) is 11.6. The van der Waals surface area contributed by atoms with E-state index >= 15 is 0 Å². The minimum absolute atomic E-state index is 0. The number of hydrogen-bond acceptors (Lipinski definition) is 3. The van der Waals surface area contributed by atoms with Crippen molar-refractivity contribution in [3.8, 4) is 5.75 Å². The van der Waals surface area contributed by atoms with Gasteiger partial charge in [0.1, 0.15) is 5.75 Å². The first-order valence-corrected chi connectivity index (χ1v) is 7.87. The maximum atomic E-state index is 11.6. The van der Waals surface area contributed by atoms with Crippen LogP contribution in [0.15, 0.2) is 24.3 Å². The van der Waals surface area contributed by atoms with Gasteiger partial charge in [0.15, 0.2) is 0 Å². The number of amides is 1. The third-order valence-electron chi connectivity index (χ3n) is 3.28. The van der Waals surface area contributed by atoms with E-state index in [9.17, 15) is 4.79 Å². The highest BCUT2D eigenvalue weighted by Crippen LogP contribution is 2.24. The molecule has 0 bridgehead atoms. The number of carbonyl (C=O) groups excluding carboxylic acids is 1. The Morgan fingerprint density at radius 1 is 1.13 bits per heavy atom. The van der Waals surface area contributed by atoms with Gasteiger partial charge in [0.25, 0.3) is 0 Å². The molecule has 0 radical (unpaired) electrons. The van der Waals surface area contributed by atoms with E-state index in [1.54, 1.807) is 0 Å². The van der Waals surface area contributed by atoms with Crippen molar-refractivity contribution >= 4 is 18.3 Å². The summed E-state index contributed by atoms with van der Waals surface area (Å²) >= 11 is 0. The summed E-state index contributed by atoms with van der Waals surface area (Å²) in [5.74, 6) is 0.863. The van der Waals surface area contributed by atoms with Crippen molar-refractivity contribution in [1.82, 2.24) is 5.32 Å². The van der Waals surface area contributed by atoms with Gasteiger partial charge in [0.05, 0.1) is 6.61 Å². The Labute approximate surface area is 146 Å². The van der Waals surface area contributed by atoms with Crippen molar-refractivity contribution in [3.63, 3.8) is 0 Å². The van der Waals surface area contributed by atoms with Crippen LogP contribution in [0.5, 0.6) is 5.75 Å². The first-order valence-electron chi connectivity index (χ1n) is 7.87. The van der Waals surface area contributed by atoms with Gasteiger partial charge in [-0.3, -0.25) is 4.79 Å². The Balaban J connectivity index is 0.00000484. The van der Waals surface area contributed by atoms with Crippen LogP contribution >= 0.6 is 12.4 Å². The standard InChI is InChI=1S/C18H30N2O2.ClH/c1-17(2,3)14-8-10-15(11-9-14)22-12-6-7-16(21)20-13-18(4,5)19;/h8-11H,6-7,12-13,19H2,1-5H3,(H,20,21);1H. The van der Waals surface area contributed by atoms with Gasteiger partial charge >= 0.3 is 0 Å². The van der Waals surface area contributed by atoms with Crippen LogP contribution in [0, 0.1) is 0 Å². The van der Waals surface area contributed by atoms with E-state index in [0.29, 0.717) is 26.0 Å². The number of ether oxygens (including phenoxy) is 1. The largest absolute Gasteiger partial charge is 0.494 e. The second-order valence-corrected chi connectivity index (χ2v) is 7.49. The number of hydrogen-bond donors (Lipinski definition) is 2. The van der Waals surface area contributed by atoms with E-state index in [4.69, 9.17) is 10.5 Å². The summed E-state index contributed by atoms with van der Waals surface area (Å²) in [6.45, 7) is 11.4. The number of nitrogens with one attached hydrogen (secondary N) is 1. The molecule has 1 aromatic rings. The normalized spacial score (nSPS) is 11.6. The molecule has 1 rings (SSSR count). The zero-order valence-electron chi connectivity index (χ0n) is 14.9. The van der Waals surface area contributed by atoms with Crippen molar-refractivity contribution in [2.24, 2.45) is 5.73 Å². The molecule has 0 fully saturated rings. The fourth-order valence-corrected chi connectivity index (χ4v) is 1.89. The van der Waals surface area contributed by atoms with E-state index in [1.807, 2.05) is 26.0 Å². The summed E-state index contributed by atoms with van der Waals surface area (Å²) < 4.78 is 5.66. The van der Waals surface area contributed by atoms with Crippen molar-refractivity contribution in [1.29, 1.82) is 0 Å². The number of rotatable bonds is 7. The van der Waals surface area contributed by atoms with Gasteiger partial charge in [-0.25, -0.2) is 0 Å². The van der Waals surface area contributed by atoms with Gasteiger partial charge in [0, 0.05) is 18.5 Å². The van der Waals surface area contributed by atoms with Gasteiger partial charge in [-0.1, -0.05) is 32.9 Å². The fourth-order valence-electron chi connectivity index (χ4n) is 1.89. The Morgan fingerprint density at radius 2 is 1.70 bits per heavy atom. The highest BCUT2D eigenvalue weighted by molar-refractivity contribution is 5.85. The molecular weight excluding hydrogens is 312 g/mol. The van der Waals surface area contributed by atoms with Crippen LogP contribution in [-0.2, 0) is 10.2 Å². The van der Waals surface area contributed by atoms with Crippen LogP contribution in [0.1, 0.15) is 53.0 Å². The molecule has 4 nitrogen and oxygen atoms in total. The summed E-state index contributed by atoms with van der Waals surface area (Å²) in [5.41, 5.74) is 6.87. The highest BCUT2D eigenvalue weighted by atomic mass is 35.5. The molecule has 0 unspecified atom stereocenters. The fraction of sp³-hybridized carbons (Fsp3) is 0.611. The van der Waals surface area contributed by atoms with Gasteiger partial charge in [0.2, 0.25) is 5.91 Å². The molecule has 132 valence electrons. The van der Waals surface area contributed by atoms with Crippen molar-refractivity contribution < 1.29 is 9.53 Å². The van der Waals surface area contributed by atoms with E-state index < -0.39 is 0 Å². The van der Waals surface area contributed by atoms with E-state index in [1.165, 1.54) is 5.56 Å². The third kappa shape index (κ3) is 9.47. The summed E-state index contributed by atoms with van der Waals surface area (Å²) in [6.07, 6.45) is 1.15. The first kappa shape index (κ1) is 21.7. The SMILES string of the molecule is CC(C)(N)CNC(=O)CCCOc1ccc(C(C)(C)C)cc1.Cl. The number of carbonyl (C=O) groups is 1. The summed E-state index contributed by atoms with van der Waals surface area (Å²) in [5, 5.41) is 2.83. The Morgan fingerprint density at radius 3 is 2.17 bits per heavy atom. The Bertz CT molecular complexity index is 473. The maximum absolute atomic E-state index is 11.6. The lowest BCUT2D eigenvalue weighted by molar-refractivity contribution is -0.121. The van der Waals surface area contributed by atoms with E-state index in [0.717, 1.165) is 5.75 Å². The lowest BCUT2D eigenvalue weighted by atomic mass is 9.87. The Hall–Kier alpha value is -1.26. The smallest absolute Gasteiger partial charge is 0.220 e. The van der Waals surface area contributed by atoms with Gasteiger partial charge in [-0.2, -0.15) is 0 Å². The predicted molar refractivity (Wildman–Crippen MR) is 98.4 cm³/mol. The molecule has 0 aliphatic heterocycles. The van der Waals surface area contributed by atoms with Crippen molar-refractivity contribution in [3.05, 3.63) is 29.8 Å².